The molecule has 29 heavy (non-hydrogen) atoms. The number of carbonyl (C=O) groups is 1. The molecule has 0 spiro atoms. The largest absolute Gasteiger partial charge is 0.481 e. The molecule has 152 valence electrons. The zero-order valence-electron chi connectivity index (χ0n) is 16.6. The predicted octanol–water partition coefficient (Wildman–Crippen LogP) is 3.10. The molecular weight excluding hydrogens is 390 g/mol. The average Bonchev–Trinajstić information content (AvgIpc) is 3.27. The van der Waals surface area contributed by atoms with Crippen LogP contribution in [0.1, 0.15) is 25.1 Å². The molecule has 4 rings (SSSR count). The summed E-state index contributed by atoms with van der Waals surface area (Å²) in [6.45, 7) is 5.26. The van der Waals surface area contributed by atoms with Gasteiger partial charge in [-0.3, -0.25) is 9.69 Å². The van der Waals surface area contributed by atoms with Gasteiger partial charge in [-0.25, -0.2) is 4.98 Å². The van der Waals surface area contributed by atoms with E-state index in [4.69, 9.17) is 9.47 Å². The molecule has 0 aliphatic carbocycles. The summed E-state index contributed by atoms with van der Waals surface area (Å²) in [6, 6.07) is 7.97. The first kappa shape index (κ1) is 19.5. The molecule has 0 bridgehead atoms. The highest BCUT2D eigenvalue weighted by atomic mass is 32.1. The monoisotopic (exact) mass is 413 g/mol. The van der Waals surface area contributed by atoms with Gasteiger partial charge in [0.25, 0.3) is 0 Å². The summed E-state index contributed by atoms with van der Waals surface area (Å²) < 4.78 is 11.3. The predicted molar refractivity (Wildman–Crippen MR) is 111 cm³/mol. The molecule has 1 saturated heterocycles. The lowest BCUT2D eigenvalue weighted by molar-refractivity contribution is -0.114. The van der Waals surface area contributed by atoms with Crippen LogP contribution in [0.15, 0.2) is 30.5 Å². The number of nitrogens with one attached hydrogen (secondary N) is 1. The Balaban J connectivity index is 1.40. The molecule has 1 unspecified atom stereocenters. The molecule has 3 aromatic heterocycles. The van der Waals surface area contributed by atoms with Crippen LogP contribution in [-0.4, -0.2) is 51.6 Å². The van der Waals surface area contributed by atoms with Crippen LogP contribution in [0.5, 0.6) is 11.8 Å². The second kappa shape index (κ2) is 8.30. The van der Waals surface area contributed by atoms with Crippen LogP contribution in [0, 0.1) is 0 Å². The molecule has 9 heteroatoms. The number of fused-ring (bicyclic) bond motifs is 1. The second-order valence-electron chi connectivity index (χ2n) is 7.12. The lowest BCUT2D eigenvalue weighted by Crippen LogP contribution is -2.27. The number of thiazole rings is 1. The first-order chi connectivity index (χ1) is 14.0. The molecule has 3 aromatic rings. The lowest BCUT2D eigenvalue weighted by Gasteiger charge is -2.19. The SMILES string of the molecule is COc1ccc2ccc(OC3C[C@H](C)N(Cc4cnc(NC(C)=O)s4)C3)nc2n1. The number of aromatic nitrogens is 3. The van der Waals surface area contributed by atoms with E-state index in [0.717, 1.165) is 29.8 Å². The highest BCUT2D eigenvalue weighted by Gasteiger charge is 2.31. The van der Waals surface area contributed by atoms with Crippen molar-refractivity contribution in [2.45, 2.75) is 39.0 Å². The molecule has 1 aliphatic heterocycles. The van der Waals surface area contributed by atoms with Crippen molar-refractivity contribution < 1.29 is 14.3 Å². The Morgan fingerprint density at radius 3 is 2.79 bits per heavy atom. The topological polar surface area (TPSA) is 89.5 Å². The van der Waals surface area contributed by atoms with E-state index in [2.05, 4.69) is 32.1 Å². The zero-order chi connectivity index (χ0) is 20.4. The highest BCUT2D eigenvalue weighted by Crippen LogP contribution is 2.27. The summed E-state index contributed by atoms with van der Waals surface area (Å²) in [4.78, 5) is 27.8. The van der Waals surface area contributed by atoms with Crippen molar-refractivity contribution in [2.75, 3.05) is 19.0 Å². The Kier molecular flexibility index (Phi) is 5.59. The summed E-state index contributed by atoms with van der Waals surface area (Å²) >= 11 is 1.50. The average molecular weight is 414 g/mol. The fourth-order valence-corrected chi connectivity index (χ4v) is 4.34. The molecule has 0 saturated carbocycles. The molecule has 0 radical (unpaired) electrons. The second-order valence-corrected chi connectivity index (χ2v) is 8.23. The number of rotatable bonds is 6. The van der Waals surface area contributed by atoms with Crippen molar-refractivity contribution in [2.24, 2.45) is 0 Å². The molecule has 1 N–H and O–H groups in total. The number of pyridine rings is 2. The van der Waals surface area contributed by atoms with Crippen molar-refractivity contribution in [3.63, 3.8) is 0 Å². The fourth-order valence-electron chi connectivity index (χ4n) is 3.45. The van der Waals surface area contributed by atoms with Crippen LogP contribution in [0.25, 0.3) is 11.0 Å². The van der Waals surface area contributed by atoms with Gasteiger partial charge in [-0.2, -0.15) is 9.97 Å². The van der Waals surface area contributed by atoms with Gasteiger partial charge in [0.05, 0.1) is 7.11 Å². The van der Waals surface area contributed by atoms with Crippen LogP contribution >= 0.6 is 11.3 Å². The minimum atomic E-state index is -0.108. The van der Waals surface area contributed by atoms with Gasteiger partial charge < -0.3 is 14.8 Å². The fraction of sp³-hybridized carbons (Fsp3) is 0.400. The lowest BCUT2D eigenvalue weighted by atomic mass is 10.2. The molecule has 1 aliphatic rings. The minimum Gasteiger partial charge on any atom is -0.481 e. The van der Waals surface area contributed by atoms with Crippen LogP contribution in [0.3, 0.4) is 0 Å². The van der Waals surface area contributed by atoms with E-state index in [1.807, 2.05) is 30.5 Å². The number of hydrogen-bond donors (Lipinski definition) is 1. The van der Waals surface area contributed by atoms with Gasteiger partial charge in [0.1, 0.15) is 6.10 Å². The summed E-state index contributed by atoms with van der Waals surface area (Å²) in [6.07, 6.45) is 2.80. The molecular formula is C20H23N5O3S. The molecule has 1 amide bonds. The van der Waals surface area contributed by atoms with Crippen molar-refractivity contribution in [3.05, 3.63) is 35.3 Å². The first-order valence-electron chi connectivity index (χ1n) is 9.45. The zero-order valence-corrected chi connectivity index (χ0v) is 17.4. The Labute approximate surface area is 172 Å². The quantitative estimate of drug-likeness (QED) is 0.664. The van der Waals surface area contributed by atoms with E-state index in [9.17, 15) is 4.79 Å². The molecule has 1 fully saturated rings. The first-order valence-corrected chi connectivity index (χ1v) is 10.3. The van der Waals surface area contributed by atoms with Gasteiger partial charge in [-0.1, -0.05) is 0 Å². The number of carbonyl (C=O) groups excluding carboxylic acids is 1. The smallest absolute Gasteiger partial charge is 0.223 e. The molecule has 0 aromatic carbocycles. The summed E-state index contributed by atoms with van der Waals surface area (Å²) in [5.41, 5.74) is 0.611. The van der Waals surface area contributed by atoms with E-state index in [1.165, 1.54) is 18.3 Å². The molecule has 8 nitrogen and oxygen atoms in total. The van der Waals surface area contributed by atoms with Crippen LogP contribution in [0.4, 0.5) is 5.13 Å². The Hall–Kier alpha value is -2.78. The van der Waals surface area contributed by atoms with Gasteiger partial charge >= 0.3 is 0 Å². The summed E-state index contributed by atoms with van der Waals surface area (Å²) in [7, 11) is 1.59. The van der Waals surface area contributed by atoms with E-state index in [0.29, 0.717) is 28.6 Å². The number of ether oxygens (including phenoxy) is 2. The van der Waals surface area contributed by atoms with Gasteiger partial charge in [-0.15, -0.1) is 11.3 Å². The van der Waals surface area contributed by atoms with E-state index in [1.54, 1.807) is 7.11 Å². The number of amides is 1. The number of methoxy groups -OCH3 is 1. The number of anilines is 1. The van der Waals surface area contributed by atoms with Gasteiger partial charge in [-0.05, 0) is 19.1 Å². The van der Waals surface area contributed by atoms with Crippen molar-refractivity contribution >= 4 is 33.4 Å². The van der Waals surface area contributed by atoms with Gasteiger partial charge in [0.15, 0.2) is 10.8 Å². The van der Waals surface area contributed by atoms with E-state index in [-0.39, 0.29) is 12.0 Å². The van der Waals surface area contributed by atoms with E-state index >= 15 is 0 Å². The van der Waals surface area contributed by atoms with Crippen LogP contribution in [0.2, 0.25) is 0 Å². The molecule has 4 heterocycles. The third-order valence-electron chi connectivity index (χ3n) is 4.86. The van der Waals surface area contributed by atoms with Crippen molar-refractivity contribution in [3.8, 4) is 11.8 Å². The normalized spacial score (nSPS) is 19.4. The number of nitrogens with zero attached hydrogens (tertiary/aromatic N) is 4. The third-order valence-corrected chi connectivity index (χ3v) is 5.76. The minimum absolute atomic E-state index is 0.0586. The van der Waals surface area contributed by atoms with Crippen molar-refractivity contribution in [1.29, 1.82) is 0 Å². The van der Waals surface area contributed by atoms with Crippen LogP contribution < -0.4 is 14.8 Å². The van der Waals surface area contributed by atoms with E-state index < -0.39 is 0 Å². The summed E-state index contributed by atoms with van der Waals surface area (Å²) in [5.74, 6) is 0.998. The number of hydrogen-bond acceptors (Lipinski definition) is 8. The third kappa shape index (κ3) is 4.63. The Morgan fingerprint density at radius 2 is 2.03 bits per heavy atom. The van der Waals surface area contributed by atoms with Crippen LogP contribution in [-0.2, 0) is 11.3 Å². The van der Waals surface area contributed by atoms with Gasteiger partial charge in [0, 0.05) is 61.1 Å². The number of likely N-dealkylation sites (tertiary alicyclic amines) is 1. The standard InChI is InChI=1S/C20H23N5O3S/c1-12-8-15(10-25(12)11-16-9-21-20(29-16)22-13(2)26)28-18-7-5-14-4-6-17(27-3)23-19(14)24-18/h4-7,9,12,15H,8,10-11H2,1-3H3,(H,21,22,26)/t12-,15?/m0/s1. The maximum Gasteiger partial charge on any atom is 0.223 e. The Bertz CT molecular complexity index is 1020. The summed E-state index contributed by atoms with van der Waals surface area (Å²) in [5, 5.41) is 4.31. The maximum absolute atomic E-state index is 11.2. The highest BCUT2D eigenvalue weighted by molar-refractivity contribution is 7.15. The Morgan fingerprint density at radius 1 is 1.28 bits per heavy atom. The van der Waals surface area contributed by atoms with Crippen molar-refractivity contribution in [1.82, 2.24) is 19.9 Å². The van der Waals surface area contributed by atoms with Gasteiger partial charge in [0.2, 0.25) is 17.7 Å². The molecule has 2 atom stereocenters. The maximum atomic E-state index is 11.2.